The number of anilines is 2. The van der Waals surface area contributed by atoms with Gasteiger partial charge in [0.1, 0.15) is 11.5 Å². The molecule has 3 aromatic heterocycles. The first-order valence-electron chi connectivity index (χ1n) is 8.96. The van der Waals surface area contributed by atoms with Crippen LogP contribution in [0.15, 0.2) is 30.7 Å². The lowest BCUT2D eigenvalue weighted by Gasteiger charge is -2.26. The molecular weight excluding hydrogens is 347 g/mol. The fourth-order valence-corrected chi connectivity index (χ4v) is 3.31. The average Bonchev–Trinajstić information content (AvgIpc) is 3.07. The molecule has 1 aliphatic heterocycles. The number of aryl methyl sites for hydroxylation is 2. The van der Waals surface area contributed by atoms with E-state index in [9.17, 15) is 4.39 Å². The lowest BCUT2D eigenvalue weighted by molar-refractivity contribution is 0.0694. The predicted octanol–water partition coefficient (Wildman–Crippen LogP) is 3.59. The molecule has 0 spiro atoms. The molecule has 0 atom stereocenters. The van der Waals surface area contributed by atoms with Gasteiger partial charge in [-0.25, -0.2) is 19.3 Å². The average molecular weight is 368 g/mol. The normalized spacial score (nSPS) is 15.1. The lowest BCUT2D eigenvalue weighted by atomic mass is 10.1. The number of aromatic nitrogens is 5. The summed E-state index contributed by atoms with van der Waals surface area (Å²) in [4.78, 5) is 17.1. The molecule has 3 aromatic rings. The zero-order chi connectivity index (χ0) is 18.8. The highest BCUT2D eigenvalue weighted by Gasteiger charge is 2.23. The van der Waals surface area contributed by atoms with E-state index in [-0.39, 0.29) is 11.7 Å². The van der Waals surface area contributed by atoms with Crippen molar-refractivity contribution in [3.05, 3.63) is 48.1 Å². The SMILES string of the molecule is Cc1ccc(Nc2ncc(F)c(-c3cnc(C)n3C3CCOCC3)n2)cn1. The van der Waals surface area contributed by atoms with Gasteiger partial charge in [-0.1, -0.05) is 0 Å². The van der Waals surface area contributed by atoms with Crippen LogP contribution in [0.1, 0.15) is 30.4 Å². The molecule has 0 saturated carbocycles. The van der Waals surface area contributed by atoms with Gasteiger partial charge in [0.25, 0.3) is 0 Å². The van der Waals surface area contributed by atoms with E-state index in [1.54, 1.807) is 12.4 Å². The molecule has 1 aliphatic rings. The third kappa shape index (κ3) is 3.66. The Morgan fingerprint density at radius 2 is 1.89 bits per heavy atom. The molecule has 4 heterocycles. The van der Waals surface area contributed by atoms with Gasteiger partial charge >= 0.3 is 0 Å². The third-order valence-corrected chi connectivity index (χ3v) is 4.69. The van der Waals surface area contributed by atoms with Crippen LogP contribution in [-0.4, -0.2) is 37.7 Å². The summed E-state index contributed by atoms with van der Waals surface area (Å²) in [6.07, 6.45) is 6.29. The van der Waals surface area contributed by atoms with E-state index in [1.807, 2.05) is 26.0 Å². The number of imidazole rings is 1. The zero-order valence-corrected chi connectivity index (χ0v) is 15.3. The van der Waals surface area contributed by atoms with Gasteiger partial charge in [0, 0.05) is 24.9 Å². The summed E-state index contributed by atoms with van der Waals surface area (Å²) in [6, 6.07) is 3.99. The first kappa shape index (κ1) is 17.5. The smallest absolute Gasteiger partial charge is 0.228 e. The Morgan fingerprint density at radius 3 is 2.63 bits per heavy atom. The Hall–Kier alpha value is -2.87. The van der Waals surface area contributed by atoms with Crippen molar-refractivity contribution < 1.29 is 9.13 Å². The van der Waals surface area contributed by atoms with Crippen LogP contribution < -0.4 is 5.32 Å². The number of halogens is 1. The maximum absolute atomic E-state index is 14.6. The molecule has 1 saturated heterocycles. The second-order valence-corrected chi connectivity index (χ2v) is 6.61. The standard InChI is InChI=1S/C19H21FN6O/c1-12-3-4-14(9-21-12)24-19-23-10-16(20)18(25-19)17-11-22-13(2)26(17)15-5-7-27-8-6-15/h3-4,9-11,15H,5-8H2,1-2H3,(H,23,24,25). The second-order valence-electron chi connectivity index (χ2n) is 6.61. The first-order chi connectivity index (χ1) is 13.1. The van der Waals surface area contributed by atoms with E-state index in [4.69, 9.17) is 4.74 Å². The molecule has 8 heteroatoms. The Labute approximate surface area is 156 Å². The number of pyridine rings is 1. The zero-order valence-electron chi connectivity index (χ0n) is 15.3. The second kappa shape index (κ2) is 7.40. The molecule has 0 aliphatic carbocycles. The number of hydrogen-bond donors (Lipinski definition) is 1. The molecule has 4 rings (SSSR count). The highest BCUT2D eigenvalue weighted by Crippen LogP contribution is 2.30. The Morgan fingerprint density at radius 1 is 1.07 bits per heavy atom. The highest BCUT2D eigenvalue weighted by molar-refractivity contribution is 5.59. The summed E-state index contributed by atoms with van der Waals surface area (Å²) in [6.45, 7) is 5.23. The topological polar surface area (TPSA) is 77.8 Å². The molecule has 7 nitrogen and oxygen atoms in total. The van der Waals surface area contributed by atoms with Gasteiger partial charge in [0.05, 0.1) is 30.0 Å². The Bertz CT molecular complexity index is 934. The summed E-state index contributed by atoms with van der Waals surface area (Å²) in [7, 11) is 0. The van der Waals surface area contributed by atoms with E-state index in [2.05, 4.69) is 29.8 Å². The minimum absolute atomic E-state index is 0.225. The van der Waals surface area contributed by atoms with Crippen molar-refractivity contribution in [3.63, 3.8) is 0 Å². The van der Waals surface area contributed by atoms with Crippen LogP contribution in [0.3, 0.4) is 0 Å². The van der Waals surface area contributed by atoms with Crippen molar-refractivity contribution in [3.8, 4) is 11.4 Å². The number of ether oxygens (including phenoxy) is 1. The molecule has 27 heavy (non-hydrogen) atoms. The van der Waals surface area contributed by atoms with E-state index < -0.39 is 5.82 Å². The van der Waals surface area contributed by atoms with Gasteiger partial charge in [0.15, 0.2) is 5.82 Å². The van der Waals surface area contributed by atoms with Crippen LogP contribution in [0, 0.1) is 19.7 Å². The Kier molecular flexibility index (Phi) is 4.81. The van der Waals surface area contributed by atoms with Gasteiger partial charge in [-0.05, 0) is 38.8 Å². The van der Waals surface area contributed by atoms with Crippen molar-refractivity contribution in [1.82, 2.24) is 24.5 Å². The minimum Gasteiger partial charge on any atom is -0.381 e. The molecule has 1 fully saturated rings. The first-order valence-corrected chi connectivity index (χ1v) is 8.96. The molecule has 0 aromatic carbocycles. The van der Waals surface area contributed by atoms with Crippen LogP contribution in [0.5, 0.6) is 0 Å². The van der Waals surface area contributed by atoms with E-state index in [0.717, 1.165) is 30.0 Å². The van der Waals surface area contributed by atoms with Gasteiger partial charge in [-0.3, -0.25) is 4.98 Å². The van der Waals surface area contributed by atoms with Crippen molar-refractivity contribution >= 4 is 11.6 Å². The molecule has 0 bridgehead atoms. The van der Waals surface area contributed by atoms with Crippen LogP contribution >= 0.6 is 0 Å². The molecular formula is C19H21FN6O. The molecule has 0 radical (unpaired) electrons. The monoisotopic (exact) mass is 368 g/mol. The van der Waals surface area contributed by atoms with Crippen molar-refractivity contribution in [2.45, 2.75) is 32.7 Å². The van der Waals surface area contributed by atoms with Crippen LogP contribution in [0.4, 0.5) is 16.0 Å². The molecule has 0 amide bonds. The summed E-state index contributed by atoms with van der Waals surface area (Å²) in [5.41, 5.74) is 2.55. The van der Waals surface area contributed by atoms with Gasteiger partial charge in [0.2, 0.25) is 5.95 Å². The third-order valence-electron chi connectivity index (χ3n) is 4.69. The van der Waals surface area contributed by atoms with Crippen LogP contribution in [0.25, 0.3) is 11.4 Å². The summed E-state index contributed by atoms with van der Waals surface area (Å²) < 4.78 is 22.1. The molecule has 0 unspecified atom stereocenters. The van der Waals surface area contributed by atoms with E-state index in [1.165, 1.54) is 6.20 Å². The van der Waals surface area contributed by atoms with Crippen molar-refractivity contribution in [2.75, 3.05) is 18.5 Å². The van der Waals surface area contributed by atoms with E-state index >= 15 is 0 Å². The largest absolute Gasteiger partial charge is 0.381 e. The quantitative estimate of drug-likeness (QED) is 0.758. The number of nitrogens with zero attached hydrogens (tertiary/aromatic N) is 5. The number of rotatable bonds is 4. The predicted molar refractivity (Wildman–Crippen MR) is 99.3 cm³/mol. The van der Waals surface area contributed by atoms with E-state index in [0.29, 0.717) is 24.9 Å². The van der Waals surface area contributed by atoms with Gasteiger partial charge < -0.3 is 14.6 Å². The van der Waals surface area contributed by atoms with Crippen molar-refractivity contribution in [2.24, 2.45) is 0 Å². The van der Waals surface area contributed by atoms with Crippen molar-refractivity contribution in [1.29, 1.82) is 0 Å². The van der Waals surface area contributed by atoms with Crippen LogP contribution in [0.2, 0.25) is 0 Å². The number of nitrogens with one attached hydrogen (secondary N) is 1. The van der Waals surface area contributed by atoms with Gasteiger partial charge in [-0.15, -0.1) is 0 Å². The Balaban J connectivity index is 1.69. The summed E-state index contributed by atoms with van der Waals surface area (Å²) in [5.74, 6) is 0.678. The highest BCUT2D eigenvalue weighted by atomic mass is 19.1. The maximum atomic E-state index is 14.6. The fraction of sp³-hybridized carbons (Fsp3) is 0.368. The van der Waals surface area contributed by atoms with Gasteiger partial charge in [-0.2, -0.15) is 0 Å². The summed E-state index contributed by atoms with van der Waals surface area (Å²) in [5, 5.41) is 3.07. The molecule has 140 valence electrons. The maximum Gasteiger partial charge on any atom is 0.228 e. The summed E-state index contributed by atoms with van der Waals surface area (Å²) >= 11 is 0. The minimum atomic E-state index is -0.476. The molecule has 1 N–H and O–H groups in total. The lowest BCUT2D eigenvalue weighted by Crippen LogP contribution is -2.21. The fourth-order valence-electron chi connectivity index (χ4n) is 3.31. The number of hydrogen-bond acceptors (Lipinski definition) is 6. The van der Waals surface area contributed by atoms with Crippen LogP contribution in [-0.2, 0) is 4.74 Å².